The summed E-state index contributed by atoms with van der Waals surface area (Å²) in [5, 5.41) is 6.85. The number of carbonyl (C=O) groups is 1. The highest BCUT2D eigenvalue weighted by Crippen LogP contribution is 2.29. The van der Waals surface area contributed by atoms with Gasteiger partial charge in [-0.15, -0.1) is 0 Å². The lowest BCUT2D eigenvalue weighted by Crippen LogP contribution is -2.45. The van der Waals surface area contributed by atoms with Crippen molar-refractivity contribution >= 4 is 11.6 Å². The summed E-state index contributed by atoms with van der Waals surface area (Å²) in [6.45, 7) is 0.381. The normalized spacial score (nSPS) is 16.1. The van der Waals surface area contributed by atoms with Crippen LogP contribution >= 0.6 is 0 Å². The Bertz CT molecular complexity index is 1020. The van der Waals surface area contributed by atoms with Crippen LogP contribution in [0.25, 0.3) is 11.5 Å². The number of nitrogens with zero attached hydrogens (tertiary/aromatic N) is 4. The van der Waals surface area contributed by atoms with Crippen molar-refractivity contribution in [2.75, 3.05) is 18.4 Å². The average molecular weight is 443 g/mol. The van der Waals surface area contributed by atoms with Gasteiger partial charge in [0.15, 0.2) is 0 Å². The molecule has 1 atom stereocenters. The lowest BCUT2D eigenvalue weighted by molar-refractivity contribution is -0.121. The number of nitrogens with one attached hydrogen (secondary N) is 1. The van der Waals surface area contributed by atoms with Crippen LogP contribution in [-0.2, 0) is 4.79 Å². The van der Waals surface area contributed by atoms with E-state index in [1.807, 2.05) is 25.1 Å². The maximum Gasteiger partial charge on any atom is 0.387 e. The van der Waals surface area contributed by atoms with Crippen molar-refractivity contribution in [2.24, 2.45) is 0 Å². The minimum atomic E-state index is -2.88. The maximum atomic E-state index is 12.6. The quantitative estimate of drug-likeness (QED) is 0.591. The van der Waals surface area contributed by atoms with Gasteiger partial charge in [-0.25, -0.2) is 0 Å². The third kappa shape index (κ3) is 5.25. The molecule has 0 bridgehead atoms. The molecule has 10 heteroatoms. The van der Waals surface area contributed by atoms with E-state index in [9.17, 15) is 13.6 Å². The molecule has 1 aromatic carbocycles. The highest BCUT2D eigenvalue weighted by atomic mass is 19.3. The highest BCUT2D eigenvalue weighted by Gasteiger charge is 2.30. The largest absolute Gasteiger partial charge is 0.435 e. The minimum absolute atomic E-state index is 0.0420. The molecule has 4 rings (SSSR count). The van der Waals surface area contributed by atoms with E-state index >= 15 is 0 Å². The Hall–Kier alpha value is -3.40. The number of hydrogen-bond acceptors (Lipinski definition) is 7. The summed E-state index contributed by atoms with van der Waals surface area (Å²) in [5.74, 6) is 1.07. The van der Waals surface area contributed by atoms with E-state index in [1.165, 1.54) is 24.3 Å². The first-order valence-corrected chi connectivity index (χ1v) is 10.3. The summed E-state index contributed by atoms with van der Waals surface area (Å²) in [7, 11) is 0. The van der Waals surface area contributed by atoms with Gasteiger partial charge in [-0.05, 0) is 69.3 Å². The molecule has 0 saturated carbocycles. The van der Waals surface area contributed by atoms with E-state index in [2.05, 4.69) is 30.1 Å². The van der Waals surface area contributed by atoms with Crippen LogP contribution in [0.15, 0.2) is 53.2 Å². The zero-order valence-electron chi connectivity index (χ0n) is 17.4. The van der Waals surface area contributed by atoms with Crippen molar-refractivity contribution in [1.29, 1.82) is 0 Å². The van der Waals surface area contributed by atoms with E-state index in [0.29, 0.717) is 36.2 Å². The average Bonchev–Trinajstić information content (AvgIpc) is 3.31. The summed E-state index contributed by atoms with van der Waals surface area (Å²) in [6.07, 6.45) is 3.27. The number of halogens is 2. The first-order valence-electron chi connectivity index (χ1n) is 10.3. The molecule has 3 aromatic rings. The summed E-state index contributed by atoms with van der Waals surface area (Å²) in [5.41, 5.74) is 1.19. The van der Waals surface area contributed by atoms with E-state index < -0.39 is 6.61 Å². The second-order valence-corrected chi connectivity index (χ2v) is 7.55. The monoisotopic (exact) mass is 443 g/mol. The van der Waals surface area contributed by atoms with Crippen molar-refractivity contribution in [3.63, 3.8) is 0 Å². The number of rotatable bonds is 7. The van der Waals surface area contributed by atoms with E-state index in [1.54, 1.807) is 6.20 Å². The smallest absolute Gasteiger partial charge is 0.387 e. The van der Waals surface area contributed by atoms with Crippen LogP contribution in [-0.4, -0.2) is 51.7 Å². The van der Waals surface area contributed by atoms with Crippen molar-refractivity contribution in [1.82, 2.24) is 20.0 Å². The molecule has 1 amide bonds. The number of hydrogen-bond donors (Lipinski definition) is 1. The van der Waals surface area contributed by atoms with Crippen molar-refractivity contribution in [2.45, 2.75) is 38.3 Å². The predicted octanol–water partition coefficient (Wildman–Crippen LogP) is 3.94. The number of carbonyl (C=O) groups excluding carboxylic acids is 1. The fourth-order valence-electron chi connectivity index (χ4n) is 3.67. The molecule has 1 unspecified atom stereocenters. The summed E-state index contributed by atoms with van der Waals surface area (Å²) < 4.78 is 34.3. The topological polar surface area (TPSA) is 93.4 Å². The van der Waals surface area contributed by atoms with Crippen molar-refractivity contribution in [3.8, 4) is 17.3 Å². The second-order valence-electron chi connectivity index (χ2n) is 7.55. The molecule has 1 aliphatic heterocycles. The van der Waals surface area contributed by atoms with Gasteiger partial charge in [0, 0.05) is 17.8 Å². The van der Waals surface area contributed by atoms with Gasteiger partial charge in [0.1, 0.15) is 11.4 Å². The number of likely N-dealkylation sites (tertiary alicyclic amines) is 1. The third-order valence-electron chi connectivity index (χ3n) is 5.49. The highest BCUT2D eigenvalue weighted by molar-refractivity contribution is 5.94. The maximum absolute atomic E-state index is 12.6. The molecule has 32 heavy (non-hydrogen) atoms. The van der Waals surface area contributed by atoms with Gasteiger partial charge in [-0.1, -0.05) is 11.2 Å². The summed E-state index contributed by atoms with van der Waals surface area (Å²) in [4.78, 5) is 23.5. The summed E-state index contributed by atoms with van der Waals surface area (Å²) in [6, 6.07) is 11.0. The number of anilines is 1. The van der Waals surface area contributed by atoms with Gasteiger partial charge in [-0.2, -0.15) is 13.8 Å². The predicted molar refractivity (Wildman–Crippen MR) is 112 cm³/mol. The molecule has 1 aliphatic rings. The van der Waals surface area contributed by atoms with Crippen molar-refractivity contribution in [3.05, 3.63) is 54.6 Å². The van der Waals surface area contributed by atoms with E-state index in [4.69, 9.17) is 4.52 Å². The fourth-order valence-corrected chi connectivity index (χ4v) is 3.67. The molecule has 8 nitrogen and oxygen atoms in total. The van der Waals surface area contributed by atoms with Crippen LogP contribution in [0.5, 0.6) is 5.75 Å². The number of piperidine rings is 1. The van der Waals surface area contributed by atoms with Gasteiger partial charge in [-0.3, -0.25) is 14.7 Å². The molecule has 0 radical (unpaired) electrons. The van der Waals surface area contributed by atoms with Gasteiger partial charge in [0.2, 0.25) is 17.6 Å². The van der Waals surface area contributed by atoms with Gasteiger partial charge in [0.25, 0.3) is 0 Å². The lowest BCUT2D eigenvalue weighted by Gasteiger charge is -2.34. The SMILES string of the molecule is CC(C(=O)Nc1ccc(OC(F)F)cc1)N1CCC(c2nc(-c3ccccn3)no2)CC1. The number of alkyl halides is 2. The van der Waals surface area contributed by atoms with Crippen LogP contribution in [0.4, 0.5) is 14.5 Å². The van der Waals surface area contributed by atoms with Gasteiger partial charge >= 0.3 is 6.61 Å². The number of ether oxygens (including phenoxy) is 1. The molecule has 1 saturated heterocycles. The van der Waals surface area contributed by atoms with Crippen LogP contribution in [0, 0.1) is 0 Å². The summed E-state index contributed by atoms with van der Waals surface area (Å²) >= 11 is 0. The Kier molecular flexibility index (Phi) is 6.69. The number of aromatic nitrogens is 3. The van der Waals surface area contributed by atoms with E-state index in [-0.39, 0.29) is 23.6 Å². The number of benzene rings is 1. The Balaban J connectivity index is 1.29. The van der Waals surface area contributed by atoms with Crippen LogP contribution in [0.2, 0.25) is 0 Å². The molecule has 0 aliphatic carbocycles. The molecular formula is C22H23F2N5O3. The zero-order valence-corrected chi connectivity index (χ0v) is 17.4. The Morgan fingerprint density at radius 3 is 2.59 bits per heavy atom. The number of amides is 1. The Labute approximate surface area is 183 Å². The number of pyridine rings is 1. The first kappa shape index (κ1) is 21.8. The molecule has 168 valence electrons. The Morgan fingerprint density at radius 2 is 1.94 bits per heavy atom. The first-order chi connectivity index (χ1) is 15.5. The molecule has 2 aromatic heterocycles. The fraction of sp³-hybridized carbons (Fsp3) is 0.364. The third-order valence-corrected chi connectivity index (χ3v) is 5.49. The molecule has 1 fully saturated rings. The van der Waals surface area contributed by atoms with Gasteiger partial charge < -0.3 is 14.6 Å². The van der Waals surface area contributed by atoms with Crippen molar-refractivity contribution < 1.29 is 22.8 Å². The molecule has 3 heterocycles. The standard InChI is InChI=1S/C22H23F2N5O3/c1-14(20(30)26-16-5-7-17(8-6-16)31-22(23)24)29-12-9-15(10-13-29)21-27-19(28-32-21)18-4-2-3-11-25-18/h2-8,11,14-15,22H,9-10,12-13H2,1H3,(H,26,30). The molecule has 0 spiro atoms. The van der Waals surface area contributed by atoms with Crippen LogP contribution in [0.1, 0.15) is 31.6 Å². The molecule has 1 N–H and O–H groups in total. The van der Waals surface area contributed by atoms with E-state index in [0.717, 1.165) is 12.8 Å². The molecular weight excluding hydrogens is 420 g/mol. The Morgan fingerprint density at radius 1 is 1.19 bits per heavy atom. The lowest BCUT2D eigenvalue weighted by atomic mass is 9.95. The zero-order chi connectivity index (χ0) is 22.5. The van der Waals surface area contributed by atoms with Crippen LogP contribution in [0.3, 0.4) is 0 Å². The second kappa shape index (κ2) is 9.82. The minimum Gasteiger partial charge on any atom is -0.435 e. The van der Waals surface area contributed by atoms with Gasteiger partial charge in [0.05, 0.1) is 6.04 Å². The van der Waals surface area contributed by atoms with Crippen LogP contribution < -0.4 is 10.1 Å².